The van der Waals surface area contributed by atoms with Crippen molar-refractivity contribution in [1.29, 1.82) is 0 Å². The van der Waals surface area contributed by atoms with Crippen molar-refractivity contribution >= 4 is 17.7 Å². The lowest BCUT2D eigenvalue weighted by molar-refractivity contribution is -0.137. The van der Waals surface area contributed by atoms with Crippen molar-refractivity contribution in [3.05, 3.63) is 35.9 Å². The van der Waals surface area contributed by atoms with Crippen molar-refractivity contribution in [2.45, 2.75) is 79.8 Å². The van der Waals surface area contributed by atoms with Gasteiger partial charge in [-0.3, -0.25) is 14.4 Å². The summed E-state index contributed by atoms with van der Waals surface area (Å²) >= 11 is 0. The second kappa shape index (κ2) is 15.1. The Hall–Kier alpha value is -2.41. The summed E-state index contributed by atoms with van der Waals surface area (Å²) < 4.78 is 0. The lowest BCUT2D eigenvalue weighted by Crippen LogP contribution is -2.57. The summed E-state index contributed by atoms with van der Waals surface area (Å²) in [4.78, 5) is 42.4. The van der Waals surface area contributed by atoms with Crippen LogP contribution in [0, 0.1) is 17.8 Å². The number of benzene rings is 1. The molecule has 208 valence electrons. The van der Waals surface area contributed by atoms with Gasteiger partial charge in [0.15, 0.2) is 0 Å². The van der Waals surface area contributed by atoms with Crippen molar-refractivity contribution in [2.24, 2.45) is 17.8 Å². The third-order valence-corrected chi connectivity index (χ3v) is 7.24. The van der Waals surface area contributed by atoms with E-state index in [4.69, 9.17) is 0 Å². The zero-order chi connectivity index (χ0) is 27.5. The predicted molar refractivity (Wildman–Crippen MR) is 150 cm³/mol. The fraction of sp³-hybridized carbons (Fsp3) is 0.700. The highest BCUT2D eigenvalue weighted by atomic mass is 16.2. The Morgan fingerprint density at radius 3 is 1.95 bits per heavy atom. The van der Waals surface area contributed by atoms with Crippen LogP contribution in [0.15, 0.2) is 30.3 Å². The molecule has 1 saturated carbocycles. The van der Waals surface area contributed by atoms with Crippen LogP contribution in [0.4, 0.5) is 0 Å². The fourth-order valence-electron chi connectivity index (χ4n) is 4.94. The van der Waals surface area contributed by atoms with Crippen LogP contribution in [-0.4, -0.2) is 83.8 Å². The van der Waals surface area contributed by atoms with Crippen molar-refractivity contribution in [3.8, 4) is 0 Å². The molecule has 2 saturated heterocycles. The van der Waals surface area contributed by atoms with E-state index in [0.717, 1.165) is 37.5 Å². The van der Waals surface area contributed by atoms with Gasteiger partial charge in [-0.05, 0) is 37.3 Å². The molecule has 2 atom stereocenters. The molecular formula is C30H50N4O3. The first-order valence-electron chi connectivity index (χ1n) is 14.4. The topological polar surface area (TPSA) is 73.0 Å². The average molecular weight is 515 g/mol. The van der Waals surface area contributed by atoms with Gasteiger partial charge in [0.2, 0.25) is 11.8 Å². The first-order valence-corrected chi connectivity index (χ1v) is 14.4. The highest BCUT2D eigenvalue weighted by Gasteiger charge is 2.35. The van der Waals surface area contributed by atoms with E-state index < -0.39 is 0 Å². The van der Waals surface area contributed by atoms with Crippen LogP contribution in [0.25, 0.3) is 0 Å². The van der Waals surface area contributed by atoms with E-state index in [1.165, 1.54) is 12.8 Å². The third kappa shape index (κ3) is 8.84. The summed E-state index contributed by atoms with van der Waals surface area (Å²) in [6.07, 6.45) is 3.56. The second-order valence-corrected chi connectivity index (χ2v) is 10.7. The molecule has 2 heterocycles. The molecule has 0 bridgehead atoms. The van der Waals surface area contributed by atoms with Gasteiger partial charge in [-0.25, -0.2) is 0 Å². The van der Waals surface area contributed by atoms with Gasteiger partial charge in [0.1, 0.15) is 0 Å². The summed E-state index contributed by atoms with van der Waals surface area (Å²) in [6, 6.07) is 10.1. The maximum atomic E-state index is 12.6. The minimum atomic E-state index is 0.0129. The lowest BCUT2D eigenvalue weighted by Gasteiger charge is -2.41. The molecule has 3 aliphatic rings. The number of rotatable bonds is 5. The maximum absolute atomic E-state index is 12.6. The number of amides is 3. The largest absolute Gasteiger partial charge is 0.340 e. The molecule has 2 unspecified atom stereocenters. The van der Waals surface area contributed by atoms with E-state index in [1.54, 1.807) is 0 Å². The van der Waals surface area contributed by atoms with E-state index in [1.807, 2.05) is 86.6 Å². The Kier molecular flexibility index (Phi) is 12.6. The molecule has 37 heavy (non-hydrogen) atoms. The average Bonchev–Trinajstić information content (AvgIpc) is 3.79. The number of carbonyl (C=O) groups is 3. The van der Waals surface area contributed by atoms with Crippen LogP contribution >= 0.6 is 0 Å². The first kappa shape index (κ1) is 30.8. The van der Waals surface area contributed by atoms with Crippen molar-refractivity contribution in [2.75, 3.05) is 39.3 Å². The monoisotopic (exact) mass is 514 g/mol. The molecule has 0 radical (unpaired) electrons. The summed E-state index contributed by atoms with van der Waals surface area (Å²) in [6.45, 7) is 18.6. The Bertz CT molecular complexity index is 854. The van der Waals surface area contributed by atoms with Gasteiger partial charge in [-0.2, -0.15) is 0 Å². The smallest absolute Gasteiger partial charge is 0.254 e. The molecular weight excluding hydrogens is 464 g/mol. The van der Waals surface area contributed by atoms with Crippen molar-refractivity contribution < 1.29 is 14.4 Å². The Balaban J connectivity index is 0.000000260. The van der Waals surface area contributed by atoms with E-state index in [9.17, 15) is 14.4 Å². The van der Waals surface area contributed by atoms with Crippen molar-refractivity contribution in [1.82, 2.24) is 20.0 Å². The minimum Gasteiger partial charge on any atom is -0.340 e. The highest BCUT2D eigenvalue weighted by molar-refractivity contribution is 5.94. The molecule has 1 aliphatic carbocycles. The van der Waals surface area contributed by atoms with Gasteiger partial charge in [0, 0.05) is 68.8 Å². The third-order valence-electron chi connectivity index (χ3n) is 7.24. The van der Waals surface area contributed by atoms with Crippen LogP contribution in [0.1, 0.15) is 78.1 Å². The molecule has 7 heteroatoms. The SMILES string of the molecule is CC.CC(C)C(=O)N1CCNC(C2CC2)C1.CCC1CN(C(=O)C(C)C)CCN1C(=O)c1ccccc1. The van der Waals surface area contributed by atoms with E-state index in [2.05, 4.69) is 12.2 Å². The first-order chi connectivity index (χ1) is 17.7. The molecule has 7 nitrogen and oxygen atoms in total. The van der Waals surface area contributed by atoms with Gasteiger partial charge < -0.3 is 20.0 Å². The predicted octanol–water partition coefficient (Wildman–Crippen LogP) is 4.28. The zero-order valence-corrected chi connectivity index (χ0v) is 24.2. The van der Waals surface area contributed by atoms with Crippen LogP contribution < -0.4 is 5.32 Å². The fourth-order valence-corrected chi connectivity index (χ4v) is 4.94. The Morgan fingerprint density at radius 2 is 1.43 bits per heavy atom. The maximum Gasteiger partial charge on any atom is 0.254 e. The van der Waals surface area contributed by atoms with E-state index >= 15 is 0 Å². The number of piperazine rings is 2. The Labute approximate surface area is 224 Å². The lowest BCUT2D eigenvalue weighted by atomic mass is 10.1. The number of carbonyl (C=O) groups excluding carboxylic acids is 3. The summed E-state index contributed by atoms with van der Waals surface area (Å²) in [7, 11) is 0. The molecule has 1 aromatic rings. The summed E-state index contributed by atoms with van der Waals surface area (Å²) in [5, 5.41) is 3.51. The van der Waals surface area contributed by atoms with Gasteiger partial charge >= 0.3 is 0 Å². The molecule has 3 amide bonds. The van der Waals surface area contributed by atoms with Gasteiger partial charge in [0.25, 0.3) is 5.91 Å². The molecule has 3 fully saturated rings. The quantitative estimate of drug-likeness (QED) is 0.636. The van der Waals surface area contributed by atoms with Gasteiger partial charge in [-0.15, -0.1) is 0 Å². The van der Waals surface area contributed by atoms with Crippen molar-refractivity contribution in [3.63, 3.8) is 0 Å². The van der Waals surface area contributed by atoms with E-state index in [0.29, 0.717) is 31.6 Å². The van der Waals surface area contributed by atoms with Gasteiger partial charge in [-0.1, -0.05) is 66.7 Å². The number of nitrogens with one attached hydrogen (secondary N) is 1. The van der Waals surface area contributed by atoms with Crippen LogP contribution in [0.2, 0.25) is 0 Å². The second-order valence-electron chi connectivity index (χ2n) is 10.7. The Morgan fingerprint density at radius 1 is 0.865 bits per heavy atom. The normalized spacial score (nSPS) is 21.6. The van der Waals surface area contributed by atoms with Gasteiger partial charge in [0.05, 0.1) is 0 Å². The highest BCUT2D eigenvalue weighted by Crippen LogP contribution is 2.33. The molecule has 0 aromatic heterocycles. The van der Waals surface area contributed by atoms with Crippen LogP contribution in [0.5, 0.6) is 0 Å². The number of hydrogen-bond acceptors (Lipinski definition) is 4. The molecule has 0 spiro atoms. The molecule has 1 aromatic carbocycles. The van der Waals surface area contributed by atoms with Crippen LogP contribution in [0.3, 0.4) is 0 Å². The van der Waals surface area contributed by atoms with E-state index in [-0.39, 0.29) is 29.7 Å². The molecule has 2 aliphatic heterocycles. The number of nitrogens with zero attached hydrogens (tertiary/aromatic N) is 3. The number of hydrogen-bond donors (Lipinski definition) is 1. The summed E-state index contributed by atoms with van der Waals surface area (Å²) in [5.74, 6) is 1.57. The summed E-state index contributed by atoms with van der Waals surface area (Å²) in [5.41, 5.74) is 0.722. The minimum absolute atomic E-state index is 0.0129. The standard InChI is InChI=1S/C17H24N2O2.C11H20N2O.C2H6/c1-4-15-12-18(16(20)13(2)3)10-11-19(15)17(21)14-8-6-5-7-9-14;1-8(2)11(14)13-6-5-12-10(7-13)9-3-4-9;1-2/h5-9,13,15H,4,10-12H2,1-3H3;8-10,12H,3-7H2,1-2H3;1-2H3. The zero-order valence-electron chi connectivity index (χ0n) is 24.2. The molecule has 4 rings (SSSR count). The molecule has 1 N–H and O–H groups in total. The van der Waals surface area contributed by atoms with Crippen LogP contribution in [-0.2, 0) is 9.59 Å².